The summed E-state index contributed by atoms with van der Waals surface area (Å²) in [6.07, 6.45) is 0. The first-order valence-corrected chi connectivity index (χ1v) is 4.27. The molecule has 64 valence electrons. The second-order valence-corrected chi connectivity index (χ2v) is 2.85. The van der Waals surface area contributed by atoms with Crippen LogP contribution in [0.4, 0.5) is 0 Å². The maximum atomic E-state index is 8.47. The molecule has 0 amide bonds. The van der Waals surface area contributed by atoms with Crippen molar-refractivity contribution in [3.8, 4) is 5.75 Å². The van der Waals surface area contributed by atoms with E-state index in [0.717, 1.165) is 5.56 Å². The summed E-state index contributed by atoms with van der Waals surface area (Å²) in [7, 11) is -2.29. The average Bonchev–Trinajstić information content (AvgIpc) is 1.93. The summed E-state index contributed by atoms with van der Waals surface area (Å²) < 4.78 is 4.65. The summed E-state index contributed by atoms with van der Waals surface area (Å²) >= 11 is 0. The van der Waals surface area contributed by atoms with Crippen LogP contribution in [-0.4, -0.2) is 58.7 Å². The molecule has 0 aliphatic rings. The van der Waals surface area contributed by atoms with Crippen molar-refractivity contribution >= 4 is 57.5 Å². The molecular weight excluding hydrogens is 300 g/mol. The molecular formula is C7H11BaO3P. The zero-order chi connectivity index (χ0) is 8.27. The van der Waals surface area contributed by atoms with E-state index in [1.54, 1.807) is 12.1 Å². The average molecular weight is 311 g/mol. The fourth-order valence-corrected chi connectivity index (χ4v) is 1.00. The summed E-state index contributed by atoms with van der Waals surface area (Å²) in [5.74, 6) is 0.478. The molecule has 2 N–H and O–H groups in total. The van der Waals surface area contributed by atoms with Gasteiger partial charge in [0.05, 0.1) is 0 Å². The van der Waals surface area contributed by atoms with Gasteiger partial charge in [-0.05, 0) is 19.1 Å². The third-order valence-corrected chi connectivity index (χ3v) is 1.58. The van der Waals surface area contributed by atoms with E-state index in [1.807, 2.05) is 19.1 Å². The number of benzene rings is 1. The van der Waals surface area contributed by atoms with Crippen molar-refractivity contribution in [2.45, 2.75) is 6.92 Å². The van der Waals surface area contributed by atoms with Crippen LogP contribution in [0.2, 0.25) is 0 Å². The summed E-state index contributed by atoms with van der Waals surface area (Å²) in [6, 6.07) is 7.07. The molecule has 12 heavy (non-hydrogen) atoms. The molecule has 0 heterocycles. The van der Waals surface area contributed by atoms with E-state index in [0.29, 0.717) is 5.75 Å². The predicted molar refractivity (Wildman–Crippen MR) is 51.1 cm³/mol. The Labute approximate surface area is 116 Å². The van der Waals surface area contributed by atoms with Crippen molar-refractivity contribution in [3.05, 3.63) is 29.8 Å². The SMILES string of the molecule is Cc1ccc(OP(O)O)cc1.[Ba+2].[H-].[H-]. The Kier molecular flexibility index (Phi) is 6.91. The van der Waals surface area contributed by atoms with Gasteiger partial charge in [0.25, 0.3) is 0 Å². The molecule has 0 aliphatic heterocycles. The molecule has 0 unspecified atom stereocenters. The van der Waals surface area contributed by atoms with E-state index in [1.165, 1.54) is 0 Å². The van der Waals surface area contributed by atoms with Gasteiger partial charge in [-0.15, -0.1) is 0 Å². The monoisotopic (exact) mass is 312 g/mol. The van der Waals surface area contributed by atoms with Crippen molar-refractivity contribution in [1.29, 1.82) is 0 Å². The van der Waals surface area contributed by atoms with E-state index in [-0.39, 0.29) is 51.7 Å². The summed E-state index contributed by atoms with van der Waals surface area (Å²) in [5, 5.41) is 0. The molecule has 0 bridgehead atoms. The van der Waals surface area contributed by atoms with Crippen molar-refractivity contribution in [3.63, 3.8) is 0 Å². The fraction of sp³-hybridized carbons (Fsp3) is 0.143. The molecule has 1 rings (SSSR count). The summed E-state index contributed by atoms with van der Waals surface area (Å²) in [5.41, 5.74) is 1.11. The molecule has 1 aromatic rings. The van der Waals surface area contributed by atoms with Crippen LogP contribution in [-0.2, 0) is 0 Å². The van der Waals surface area contributed by atoms with Crippen molar-refractivity contribution in [1.82, 2.24) is 0 Å². The zero-order valence-electron chi connectivity index (χ0n) is 8.77. The summed E-state index contributed by atoms with van der Waals surface area (Å²) in [6.45, 7) is 1.95. The first-order valence-electron chi connectivity index (χ1n) is 3.11. The second kappa shape index (κ2) is 6.40. The molecule has 0 fully saturated rings. The zero-order valence-corrected chi connectivity index (χ0v) is 12.1. The third-order valence-electron chi connectivity index (χ3n) is 1.21. The van der Waals surface area contributed by atoms with Gasteiger partial charge in [0.2, 0.25) is 0 Å². The first-order chi connectivity index (χ1) is 5.18. The van der Waals surface area contributed by atoms with Crippen molar-refractivity contribution < 1.29 is 17.2 Å². The Hall–Kier alpha value is 0.941. The van der Waals surface area contributed by atoms with Gasteiger partial charge in [-0.25, -0.2) is 0 Å². The van der Waals surface area contributed by atoms with Gasteiger partial charge in [-0.3, -0.25) is 0 Å². The molecule has 5 heteroatoms. The largest absolute Gasteiger partial charge is 2.00 e. The van der Waals surface area contributed by atoms with E-state index >= 15 is 0 Å². The Morgan fingerprint density at radius 3 is 2.17 bits per heavy atom. The quantitative estimate of drug-likeness (QED) is 0.642. The van der Waals surface area contributed by atoms with Crippen molar-refractivity contribution in [2.75, 3.05) is 0 Å². The Morgan fingerprint density at radius 1 is 1.25 bits per heavy atom. The molecule has 0 atom stereocenters. The van der Waals surface area contributed by atoms with Crippen LogP contribution < -0.4 is 4.52 Å². The van der Waals surface area contributed by atoms with Crippen LogP contribution >= 0.6 is 8.60 Å². The molecule has 1 aromatic carbocycles. The standard InChI is InChI=1S/C7H9O3P.Ba.2H/c1-6-2-4-7(5-3-6)10-11(8)9;;;/h2-5,8-9H,1H3;;;/q;+2;2*-1. The van der Waals surface area contributed by atoms with Gasteiger partial charge >= 0.3 is 57.5 Å². The molecule has 0 saturated heterocycles. The van der Waals surface area contributed by atoms with Gasteiger partial charge in [0.15, 0.2) is 0 Å². The van der Waals surface area contributed by atoms with E-state index in [4.69, 9.17) is 9.79 Å². The molecule has 0 aliphatic carbocycles. The van der Waals surface area contributed by atoms with E-state index in [2.05, 4.69) is 4.52 Å². The van der Waals surface area contributed by atoms with Gasteiger partial charge in [-0.2, -0.15) is 0 Å². The van der Waals surface area contributed by atoms with E-state index in [9.17, 15) is 0 Å². The van der Waals surface area contributed by atoms with E-state index < -0.39 is 8.60 Å². The first kappa shape index (κ1) is 12.9. The smallest absolute Gasteiger partial charge is 1.00 e. The molecule has 0 radical (unpaired) electrons. The predicted octanol–water partition coefficient (Wildman–Crippen LogP) is 1.43. The van der Waals surface area contributed by atoms with Crippen LogP contribution in [0.25, 0.3) is 0 Å². The molecule has 0 spiro atoms. The van der Waals surface area contributed by atoms with Crippen LogP contribution in [0, 0.1) is 6.92 Å². The topological polar surface area (TPSA) is 49.7 Å². The van der Waals surface area contributed by atoms with Crippen LogP contribution in [0.1, 0.15) is 8.42 Å². The molecule has 3 nitrogen and oxygen atoms in total. The Morgan fingerprint density at radius 2 is 1.75 bits per heavy atom. The number of rotatable bonds is 2. The second-order valence-electron chi connectivity index (χ2n) is 2.16. The fourth-order valence-electron chi connectivity index (χ4n) is 0.693. The Bertz CT molecular complexity index is 233. The maximum Gasteiger partial charge on any atom is 2.00 e. The minimum absolute atomic E-state index is 0. The maximum absolute atomic E-state index is 8.47. The molecule has 0 saturated carbocycles. The van der Waals surface area contributed by atoms with Gasteiger partial charge in [-0.1, -0.05) is 17.7 Å². The third kappa shape index (κ3) is 4.84. The van der Waals surface area contributed by atoms with Gasteiger partial charge in [0.1, 0.15) is 5.75 Å². The summed E-state index contributed by atoms with van der Waals surface area (Å²) in [4.78, 5) is 16.9. The van der Waals surface area contributed by atoms with Gasteiger partial charge < -0.3 is 17.2 Å². The minimum atomic E-state index is -2.29. The Balaban J connectivity index is -0.000000403. The molecule has 0 aromatic heterocycles. The van der Waals surface area contributed by atoms with Crippen molar-refractivity contribution in [2.24, 2.45) is 0 Å². The number of aryl methyl sites for hydroxylation is 1. The number of hydrogen-bond donors (Lipinski definition) is 2. The van der Waals surface area contributed by atoms with Crippen LogP contribution in [0.5, 0.6) is 5.75 Å². The minimum Gasteiger partial charge on any atom is -1.00 e. The van der Waals surface area contributed by atoms with Crippen LogP contribution in [0.3, 0.4) is 0 Å². The van der Waals surface area contributed by atoms with Gasteiger partial charge in [0, 0.05) is 0 Å². The normalized spacial score (nSPS) is 9.33. The van der Waals surface area contributed by atoms with Crippen LogP contribution in [0.15, 0.2) is 24.3 Å². The number of hydrogen-bond acceptors (Lipinski definition) is 3.